The van der Waals surface area contributed by atoms with Gasteiger partial charge in [-0.1, -0.05) is 73.5 Å². The number of allylic oxidation sites excluding steroid dienone is 1. The number of amides is 1. The predicted octanol–water partition coefficient (Wildman–Crippen LogP) is 5.64. The molecule has 0 bridgehead atoms. The maximum absolute atomic E-state index is 13.1. The van der Waals surface area contributed by atoms with Crippen LogP contribution in [0.2, 0.25) is 5.02 Å². The summed E-state index contributed by atoms with van der Waals surface area (Å²) in [6, 6.07) is 15.4. The number of hydrogen-bond acceptors (Lipinski definition) is 3. The third-order valence-electron chi connectivity index (χ3n) is 5.29. The number of nitrogens with zero attached hydrogens (tertiary/aromatic N) is 1. The molecule has 1 amide bonds. The van der Waals surface area contributed by atoms with E-state index in [2.05, 4.69) is 6.07 Å². The van der Waals surface area contributed by atoms with Gasteiger partial charge in [-0.05, 0) is 37.0 Å². The number of rotatable bonds is 6. The van der Waals surface area contributed by atoms with Crippen molar-refractivity contribution < 1.29 is 14.3 Å². The van der Waals surface area contributed by atoms with E-state index in [9.17, 15) is 9.59 Å². The molecule has 0 unspecified atom stereocenters. The highest BCUT2D eigenvalue weighted by atomic mass is 35.5. The van der Waals surface area contributed by atoms with Crippen LogP contribution in [0, 0.1) is 12.8 Å². The highest BCUT2D eigenvalue weighted by Crippen LogP contribution is 2.40. The first kappa shape index (κ1) is 22.1. The Morgan fingerprint density at radius 3 is 2.57 bits per heavy atom. The van der Waals surface area contributed by atoms with Gasteiger partial charge in [-0.2, -0.15) is 0 Å². The molecule has 2 aromatic carbocycles. The Balaban J connectivity index is 2.03. The second-order valence-corrected chi connectivity index (χ2v) is 8.65. The summed E-state index contributed by atoms with van der Waals surface area (Å²) in [5.41, 5.74) is 4.07. The van der Waals surface area contributed by atoms with Gasteiger partial charge in [-0.25, -0.2) is 4.79 Å². The largest absolute Gasteiger partial charge is 0.462 e. The van der Waals surface area contributed by atoms with Crippen molar-refractivity contribution in [1.29, 1.82) is 0 Å². The molecule has 1 heterocycles. The number of esters is 1. The zero-order chi connectivity index (χ0) is 21.8. The normalized spacial score (nSPS) is 16.9. The van der Waals surface area contributed by atoms with Gasteiger partial charge in [-0.15, -0.1) is 0 Å². The van der Waals surface area contributed by atoms with Crippen LogP contribution in [0.4, 0.5) is 0 Å². The fourth-order valence-corrected chi connectivity index (χ4v) is 4.07. The molecule has 1 aliphatic heterocycles. The quantitative estimate of drug-likeness (QED) is 0.563. The van der Waals surface area contributed by atoms with Crippen LogP contribution in [0.5, 0.6) is 0 Å². The molecule has 3 rings (SSSR count). The maximum Gasteiger partial charge on any atom is 0.336 e. The average molecular weight is 426 g/mol. The lowest BCUT2D eigenvalue weighted by molar-refractivity contribution is -0.141. The number of aryl methyl sites for hydroxylation is 1. The van der Waals surface area contributed by atoms with Gasteiger partial charge in [0.1, 0.15) is 0 Å². The molecule has 30 heavy (non-hydrogen) atoms. The topological polar surface area (TPSA) is 46.6 Å². The van der Waals surface area contributed by atoms with E-state index < -0.39 is 5.92 Å². The Bertz CT molecular complexity index is 980. The maximum atomic E-state index is 13.1. The van der Waals surface area contributed by atoms with E-state index in [0.29, 0.717) is 29.4 Å². The summed E-state index contributed by atoms with van der Waals surface area (Å²) in [7, 11) is 0. The minimum atomic E-state index is -0.417. The number of carbonyl (C=O) groups excluding carboxylic acids is 2. The molecule has 0 saturated heterocycles. The molecular weight excluding hydrogens is 398 g/mol. The molecule has 0 N–H and O–H groups in total. The van der Waals surface area contributed by atoms with E-state index >= 15 is 0 Å². The van der Waals surface area contributed by atoms with Crippen LogP contribution in [0.25, 0.3) is 0 Å². The lowest BCUT2D eigenvalue weighted by Crippen LogP contribution is -2.38. The minimum absolute atomic E-state index is 0.0284. The van der Waals surface area contributed by atoms with Crippen LogP contribution in [0.15, 0.2) is 59.8 Å². The van der Waals surface area contributed by atoms with Gasteiger partial charge in [0, 0.05) is 23.1 Å². The van der Waals surface area contributed by atoms with E-state index in [1.807, 2.05) is 64.1 Å². The predicted molar refractivity (Wildman–Crippen MR) is 119 cm³/mol. The molecule has 0 spiro atoms. The Labute approximate surface area is 183 Å². The van der Waals surface area contributed by atoms with E-state index in [-0.39, 0.29) is 24.2 Å². The first-order valence-electron chi connectivity index (χ1n) is 10.3. The molecule has 0 radical (unpaired) electrons. The van der Waals surface area contributed by atoms with Crippen LogP contribution in [0.3, 0.4) is 0 Å². The zero-order valence-corrected chi connectivity index (χ0v) is 18.7. The first-order valence-corrected chi connectivity index (χ1v) is 10.6. The summed E-state index contributed by atoms with van der Waals surface area (Å²) in [5, 5.41) is 0.546. The number of carbonyl (C=O) groups is 2. The number of ether oxygens (including phenoxy) is 1. The molecule has 158 valence electrons. The molecule has 0 aromatic heterocycles. The van der Waals surface area contributed by atoms with Crippen molar-refractivity contribution in [2.24, 2.45) is 5.92 Å². The Hall–Kier alpha value is -2.59. The molecule has 0 fully saturated rings. The molecule has 1 atom stereocenters. The van der Waals surface area contributed by atoms with Gasteiger partial charge in [-0.3, -0.25) is 4.79 Å². The minimum Gasteiger partial charge on any atom is -0.462 e. The summed E-state index contributed by atoms with van der Waals surface area (Å²) < 4.78 is 5.58. The third-order valence-corrected chi connectivity index (χ3v) is 5.64. The van der Waals surface area contributed by atoms with Crippen molar-refractivity contribution in [3.05, 3.63) is 81.5 Å². The smallest absolute Gasteiger partial charge is 0.336 e. The number of benzene rings is 2. The third kappa shape index (κ3) is 4.93. The SMILES string of the molecule is CC1=C(C(=O)OCC(C)C)[C@@H](c2ccccc2Cl)CC(=O)N1Cc1cccc(C)c1. The van der Waals surface area contributed by atoms with E-state index in [4.69, 9.17) is 16.3 Å². The van der Waals surface area contributed by atoms with Crippen molar-refractivity contribution >= 4 is 23.5 Å². The Kier molecular flexibility index (Phi) is 6.99. The van der Waals surface area contributed by atoms with Crippen LogP contribution in [0.1, 0.15) is 49.8 Å². The van der Waals surface area contributed by atoms with Crippen molar-refractivity contribution in [2.45, 2.75) is 46.6 Å². The summed E-state index contributed by atoms with van der Waals surface area (Å²) in [5.74, 6) is -0.603. The van der Waals surface area contributed by atoms with Crippen molar-refractivity contribution in [3.8, 4) is 0 Å². The standard InChI is InChI=1S/C25H28ClNO3/c1-16(2)15-30-25(29)24-18(4)27(14-19-9-7-8-17(3)12-19)23(28)13-21(24)20-10-5-6-11-22(20)26/h5-12,16,21H,13-15H2,1-4H3/t21-/m1/s1. The number of halogens is 1. The molecular formula is C25H28ClNO3. The molecule has 1 aliphatic rings. The highest BCUT2D eigenvalue weighted by Gasteiger charge is 2.37. The van der Waals surface area contributed by atoms with Gasteiger partial charge in [0.25, 0.3) is 0 Å². The average Bonchev–Trinajstić information content (AvgIpc) is 2.69. The van der Waals surface area contributed by atoms with Gasteiger partial charge >= 0.3 is 5.97 Å². The highest BCUT2D eigenvalue weighted by molar-refractivity contribution is 6.31. The zero-order valence-electron chi connectivity index (χ0n) is 17.9. The lowest BCUT2D eigenvalue weighted by Gasteiger charge is -2.35. The summed E-state index contributed by atoms with van der Waals surface area (Å²) in [6.45, 7) is 8.58. The van der Waals surface area contributed by atoms with Gasteiger partial charge in [0.2, 0.25) is 5.91 Å². The number of hydrogen-bond donors (Lipinski definition) is 0. The molecule has 5 heteroatoms. The monoisotopic (exact) mass is 425 g/mol. The summed E-state index contributed by atoms with van der Waals surface area (Å²) in [4.78, 5) is 27.9. The van der Waals surface area contributed by atoms with E-state index in [1.54, 1.807) is 11.0 Å². The lowest BCUT2D eigenvalue weighted by atomic mass is 9.83. The van der Waals surface area contributed by atoms with Crippen molar-refractivity contribution in [3.63, 3.8) is 0 Å². The molecule has 2 aromatic rings. The van der Waals surface area contributed by atoms with Crippen molar-refractivity contribution in [1.82, 2.24) is 4.90 Å². The van der Waals surface area contributed by atoms with Gasteiger partial charge in [0.15, 0.2) is 0 Å². The van der Waals surface area contributed by atoms with Crippen molar-refractivity contribution in [2.75, 3.05) is 6.61 Å². The van der Waals surface area contributed by atoms with Gasteiger partial charge in [0.05, 0.1) is 18.7 Å². The Morgan fingerprint density at radius 2 is 1.90 bits per heavy atom. The van der Waals surface area contributed by atoms with E-state index in [0.717, 1.165) is 16.7 Å². The van der Waals surface area contributed by atoms with Crippen LogP contribution in [-0.2, 0) is 20.9 Å². The molecule has 0 aliphatic carbocycles. The fraction of sp³-hybridized carbons (Fsp3) is 0.360. The first-order chi connectivity index (χ1) is 14.3. The summed E-state index contributed by atoms with van der Waals surface area (Å²) >= 11 is 6.43. The van der Waals surface area contributed by atoms with Crippen LogP contribution < -0.4 is 0 Å². The second-order valence-electron chi connectivity index (χ2n) is 8.24. The summed E-state index contributed by atoms with van der Waals surface area (Å²) in [6.07, 6.45) is 0.180. The Morgan fingerprint density at radius 1 is 1.17 bits per heavy atom. The van der Waals surface area contributed by atoms with Crippen LogP contribution in [-0.4, -0.2) is 23.4 Å². The molecule has 4 nitrogen and oxygen atoms in total. The molecule has 0 saturated carbocycles. The fourth-order valence-electron chi connectivity index (χ4n) is 3.80. The second kappa shape index (κ2) is 9.48. The van der Waals surface area contributed by atoms with Gasteiger partial charge < -0.3 is 9.64 Å². The van der Waals surface area contributed by atoms with Crippen LogP contribution >= 0.6 is 11.6 Å². The van der Waals surface area contributed by atoms with E-state index in [1.165, 1.54) is 0 Å².